The maximum Gasteiger partial charge on any atom is 0.270 e. The van der Waals surface area contributed by atoms with Crippen LogP contribution in [0, 0.1) is 18.3 Å². The number of amides is 1. The van der Waals surface area contributed by atoms with Gasteiger partial charge in [-0.1, -0.05) is 18.2 Å². The van der Waals surface area contributed by atoms with Gasteiger partial charge in [-0.2, -0.15) is 5.26 Å². The monoisotopic (exact) mass is 454 g/mol. The molecule has 6 nitrogen and oxygen atoms in total. The molecule has 34 heavy (non-hydrogen) atoms. The van der Waals surface area contributed by atoms with Crippen molar-refractivity contribution < 1.29 is 9.21 Å². The maximum atomic E-state index is 13.4. The van der Waals surface area contributed by atoms with E-state index in [4.69, 9.17) is 9.68 Å². The molecule has 1 saturated carbocycles. The molecule has 0 bridgehead atoms. The zero-order chi connectivity index (χ0) is 23.7. The average Bonchev–Trinajstić information content (AvgIpc) is 3.44. The molecule has 6 heteroatoms. The molecular formula is C28H30N4O2. The molecule has 2 N–H and O–H groups in total. The predicted octanol–water partition coefficient (Wildman–Crippen LogP) is 5.66. The molecule has 0 radical (unpaired) electrons. The molecule has 0 aliphatic heterocycles. The Morgan fingerprint density at radius 1 is 1.24 bits per heavy atom. The van der Waals surface area contributed by atoms with Gasteiger partial charge in [0.2, 0.25) is 0 Å². The van der Waals surface area contributed by atoms with E-state index in [9.17, 15) is 4.79 Å². The lowest BCUT2D eigenvalue weighted by Gasteiger charge is -2.37. The van der Waals surface area contributed by atoms with Crippen molar-refractivity contribution in [1.29, 1.82) is 5.26 Å². The highest BCUT2D eigenvalue weighted by Crippen LogP contribution is 2.28. The third kappa shape index (κ3) is 4.20. The van der Waals surface area contributed by atoms with Gasteiger partial charge in [0.05, 0.1) is 18.2 Å². The first-order chi connectivity index (χ1) is 16.6. The zero-order valence-electron chi connectivity index (χ0n) is 19.7. The van der Waals surface area contributed by atoms with E-state index in [0.29, 0.717) is 30.4 Å². The number of furan rings is 1. The van der Waals surface area contributed by atoms with Crippen LogP contribution in [0.1, 0.15) is 60.0 Å². The van der Waals surface area contributed by atoms with Crippen LogP contribution in [0.4, 0.5) is 0 Å². The number of aromatic nitrogens is 1. The number of aryl methyl sites for hydroxylation is 1. The Labute approximate surface area is 199 Å². The number of nitriles is 1. The lowest BCUT2D eigenvalue weighted by atomic mass is 9.89. The zero-order valence-corrected chi connectivity index (χ0v) is 19.7. The molecule has 1 aliphatic rings. The summed E-state index contributed by atoms with van der Waals surface area (Å²) < 4.78 is 6.08. The number of hydrogen-bond donors (Lipinski definition) is 2. The van der Waals surface area contributed by atoms with Gasteiger partial charge in [-0.15, -0.1) is 0 Å². The van der Waals surface area contributed by atoms with Crippen molar-refractivity contribution in [2.24, 2.45) is 0 Å². The van der Waals surface area contributed by atoms with Gasteiger partial charge in [-0.25, -0.2) is 0 Å². The molecule has 5 rings (SSSR count). The highest BCUT2D eigenvalue weighted by atomic mass is 16.3. The van der Waals surface area contributed by atoms with Crippen molar-refractivity contribution in [1.82, 2.24) is 15.2 Å². The summed E-state index contributed by atoms with van der Waals surface area (Å²) >= 11 is 0. The van der Waals surface area contributed by atoms with Crippen molar-refractivity contribution in [2.75, 3.05) is 6.54 Å². The number of rotatable bonds is 6. The number of carbonyl (C=O) groups is 1. The normalized spacial score (nSPS) is 18.3. The third-order valence-electron chi connectivity index (χ3n) is 7.16. The number of H-pyrrole nitrogens is 1. The Morgan fingerprint density at radius 2 is 2.09 bits per heavy atom. The van der Waals surface area contributed by atoms with Gasteiger partial charge in [-0.05, 0) is 75.4 Å². The van der Waals surface area contributed by atoms with Crippen LogP contribution in [-0.4, -0.2) is 34.4 Å². The first-order valence-corrected chi connectivity index (χ1v) is 12.1. The molecule has 2 aromatic heterocycles. The van der Waals surface area contributed by atoms with Gasteiger partial charge >= 0.3 is 0 Å². The van der Waals surface area contributed by atoms with Crippen molar-refractivity contribution in [3.05, 3.63) is 71.1 Å². The molecule has 4 aromatic rings. The van der Waals surface area contributed by atoms with Gasteiger partial charge in [0.15, 0.2) is 0 Å². The van der Waals surface area contributed by atoms with Crippen molar-refractivity contribution in [2.45, 2.75) is 58.2 Å². The Kier molecular flexibility index (Phi) is 6.12. The molecular weight excluding hydrogens is 424 g/mol. The van der Waals surface area contributed by atoms with Crippen LogP contribution in [-0.2, 0) is 6.54 Å². The first kappa shape index (κ1) is 22.2. The molecule has 174 valence electrons. The Balaban J connectivity index is 1.27. The Bertz CT molecular complexity index is 1380. The molecule has 2 heterocycles. The fourth-order valence-corrected chi connectivity index (χ4v) is 5.30. The highest BCUT2D eigenvalue weighted by molar-refractivity contribution is 5.98. The topological polar surface area (TPSA) is 85.1 Å². The minimum Gasteiger partial charge on any atom is -0.459 e. The Hall–Kier alpha value is -3.56. The summed E-state index contributed by atoms with van der Waals surface area (Å²) in [6.45, 7) is 5.52. The van der Waals surface area contributed by atoms with Crippen LogP contribution in [0.2, 0.25) is 0 Å². The average molecular weight is 455 g/mol. The maximum absolute atomic E-state index is 13.4. The summed E-state index contributed by atoms with van der Waals surface area (Å²) in [5.41, 5.74) is 4.18. The second-order valence-corrected chi connectivity index (χ2v) is 9.23. The van der Waals surface area contributed by atoms with Crippen molar-refractivity contribution in [3.8, 4) is 6.07 Å². The number of benzene rings is 2. The Morgan fingerprint density at radius 3 is 2.88 bits per heavy atom. The minimum atomic E-state index is 0.0241. The van der Waals surface area contributed by atoms with Gasteiger partial charge < -0.3 is 19.6 Å². The van der Waals surface area contributed by atoms with E-state index in [1.54, 1.807) is 6.07 Å². The number of nitrogens with one attached hydrogen (secondary N) is 2. The van der Waals surface area contributed by atoms with Crippen molar-refractivity contribution in [3.63, 3.8) is 0 Å². The van der Waals surface area contributed by atoms with E-state index in [1.165, 1.54) is 10.9 Å². The SMILES string of the molecule is CCN(C(=O)c1cc2cc(C#N)ccc2[nH]1)[C@H]1CCC[C@@H](NCc2oc3ccccc3c2C)C1. The molecule has 0 saturated heterocycles. The van der Waals surface area contributed by atoms with Crippen molar-refractivity contribution >= 4 is 27.8 Å². The van der Waals surface area contributed by atoms with E-state index < -0.39 is 0 Å². The van der Waals surface area contributed by atoms with E-state index in [2.05, 4.69) is 29.4 Å². The standard InChI is InChI=1S/C28H30N4O2/c1-3-32(28(33)25-14-20-13-19(16-29)11-12-24(20)31-25)22-8-6-7-21(15-22)30-17-27-18(2)23-9-4-5-10-26(23)34-27/h4-5,9-14,21-22,30-31H,3,6-8,15,17H2,1-2H3/t21-,22+/m1/s1. The summed E-state index contributed by atoms with van der Waals surface area (Å²) in [6, 6.07) is 18.2. The summed E-state index contributed by atoms with van der Waals surface area (Å²) in [4.78, 5) is 18.7. The highest BCUT2D eigenvalue weighted by Gasteiger charge is 2.30. The van der Waals surface area contributed by atoms with Gasteiger partial charge in [-0.3, -0.25) is 4.79 Å². The smallest absolute Gasteiger partial charge is 0.270 e. The number of aromatic amines is 1. The van der Waals surface area contributed by atoms with E-state index >= 15 is 0 Å². The molecule has 1 aliphatic carbocycles. The second kappa shape index (κ2) is 9.36. The van der Waals surface area contributed by atoms with E-state index in [1.807, 2.05) is 48.2 Å². The van der Waals surface area contributed by atoms with Crippen LogP contribution >= 0.6 is 0 Å². The number of carbonyl (C=O) groups excluding carboxylic acids is 1. The lowest BCUT2D eigenvalue weighted by molar-refractivity contribution is 0.0622. The van der Waals surface area contributed by atoms with Crippen LogP contribution in [0.25, 0.3) is 21.9 Å². The van der Waals surface area contributed by atoms with Crippen LogP contribution in [0.3, 0.4) is 0 Å². The largest absolute Gasteiger partial charge is 0.459 e. The summed E-state index contributed by atoms with van der Waals surface area (Å²) in [5, 5.41) is 14.9. The van der Waals surface area contributed by atoms with Crippen LogP contribution in [0.5, 0.6) is 0 Å². The van der Waals surface area contributed by atoms with E-state index in [-0.39, 0.29) is 11.9 Å². The van der Waals surface area contributed by atoms with Gasteiger partial charge in [0, 0.05) is 34.9 Å². The first-order valence-electron chi connectivity index (χ1n) is 12.1. The summed E-state index contributed by atoms with van der Waals surface area (Å²) in [7, 11) is 0. The minimum absolute atomic E-state index is 0.0241. The van der Waals surface area contributed by atoms with Crippen LogP contribution < -0.4 is 5.32 Å². The van der Waals surface area contributed by atoms with E-state index in [0.717, 1.165) is 47.9 Å². The molecule has 0 unspecified atom stereocenters. The molecule has 0 spiro atoms. The number of hydrogen-bond acceptors (Lipinski definition) is 4. The fourth-order valence-electron chi connectivity index (χ4n) is 5.30. The number of nitrogens with zero attached hydrogens (tertiary/aromatic N) is 2. The summed E-state index contributed by atoms with van der Waals surface area (Å²) in [5.74, 6) is 1.01. The number of fused-ring (bicyclic) bond motifs is 2. The fraction of sp³-hybridized carbons (Fsp3) is 0.357. The second-order valence-electron chi connectivity index (χ2n) is 9.23. The molecule has 2 aromatic carbocycles. The predicted molar refractivity (Wildman–Crippen MR) is 134 cm³/mol. The van der Waals surface area contributed by atoms with Gasteiger partial charge in [0.1, 0.15) is 17.0 Å². The third-order valence-corrected chi connectivity index (χ3v) is 7.16. The quantitative estimate of drug-likeness (QED) is 0.394. The lowest BCUT2D eigenvalue weighted by Crippen LogP contribution is -2.46. The number of para-hydroxylation sites is 1. The van der Waals surface area contributed by atoms with Gasteiger partial charge in [0.25, 0.3) is 5.91 Å². The molecule has 1 amide bonds. The molecule has 1 fully saturated rings. The molecule has 2 atom stereocenters. The summed E-state index contributed by atoms with van der Waals surface area (Å²) in [6.07, 6.45) is 4.13. The van der Waals surface area contributed by atoms with Crippen LogP contribution in [0.15, 0.2) is 52.9 Å².